The first-order valence-corrected chi connectivity index (χ1v) is 8.20. The Bertz CT molecular complexity index is 842. The third-order valence-corrected chi connectivity index (χ3v) is 3.58. The third-order valence-electron chi connectivity index (χ3n) is 3.58. The van der Waals surface area contributed by atoms with Crippen LogP contribution in [0.25, 0.3) is 11.1 Å². The van der Waals surface area contributed by atoms with E-state index in [1.54, 1.807) is 31.2 Å². The van der Waals surface area contributed by atoms with E-state index in [4.69, 9.17) is 4.74 Å². The Morgan fingerprint density at radius 3 is 2.64 bits per heavy atom. The maximum atomic E-state index is 12.3. The summed E-state index contributed by atoms with van der Waals surface area (Å²) in [6, 6.07) is 8.74. The molecule has 2 rings (SSSR count). The van der Waals surface area contributed by atoms with Crippen molar-refractivity contribution in [3.8, 4) is 16.9 Å². The zero-order valence-corrected chi connectivity index (χ0v) is 14.6. The molecule has 0 saturated heterocycles. The van der Waals surface area contributed by atoms with E-state index >= 15 is 0 Å². The molecular formula is C21H23NO3. The summed E-state index contributed by atoms with van der Waals surface area (Å²) < 4.78 is 5.82. The molecule has 0 atom stereocenters. The number of H-pyrrole nitrogens is 1. The van der Waals surface area contributed by atoms with E-state index < -0.39 is 0 Å². The molecular weight excluding hydrogens is 314 g/mol. The summed E-state index contributed by atoms with van der Waals surface area (Å²) in [4.78, 5) is 15.3. The van der Waals surface area contributed by atoms with Gasteiger partial charge in [-0.15, -0.1) is 0 Å². The number of ether oxygens (including phenoxy) is 1. The molecule has 2 aromatic rings. The molecule has 2 N–H and O–H groups in total. The van der Waals surface area contributed by atoms with E-state index in [0.717, 1.165) is 17.7 Å². The number of allylic oxidation sites excluding steroid dienone is 4. The van der Waals surface area contributed by atoms with E-state index in [1.807, 2.05) is 24.3 Å². The number of pyridine rings is 1. The van der Waals surface area contributed by atoms with Crippen LogP contribution >= 0.6 is 0 Å². The number of benzene rings is 1. The van der Waals surface area contributed by atoms with E-state index in [2.05, 4.69) is 18.5 Å². The van der Waals surface area contributed by atoms with Crippen LogP contribution in [0.4, 0.5) is 0 Å². The molecule has 0 unspecified atom stereocenters. The van der Waals surface area contributed by atoms with Crippen molar-refractivity contribution in [1.82, 2.24) is 4.98 Å². The molecule has 130 valence electrons. The van der Waals surface area contributed by atoms with Crippen molar-refractivity contribution >= 4 is 0 Å². The average molecular weight is 337 g/mol. The number of aliphatic hydroxyl groups excluding tert-OH is 1. The van der Waals surface area contributed by atoms with Crippen LogP contribution < -0.4 is 10.2 Å². The molecule has 1 aromatic carbocycles. The highest BCUT2D eigenvalue weighted by atomic mass is 16.5. The highest BCUT2D eigenvalue weighted by Crippen LogP contribution is 2.23. The summed E-state index contributed by atoms with van der Waals surface area (Å²) in [6.07, 6.45) is 8.27. The summed E-state index contributed by atoms with van der Waals surface area (Å²) in [6.45, 7) is 7.30. The summed E-state index contributed by atoms with van der Waals surface area (Å²) in [5.74, 6) is 1.35. The van der Waals surface area contributed by atoms with Gasteiger partial charge in [-0.1, -0.05) is 37.8 Å². The van der Waals surface area contributed by atoms with Gasteiger partial charge in [-0.05, 0) is 43.2 Å². The summed E-state index contributed by atoms with van der Waals surface area (Å²) in [5.41, 5.74) is 2.33. The molecule has 1 heterocycles. The van der Waals surface area contributed by atoms with E-state index in [9.17, 15) is 9.90 Å². The highest BCUT2D eigenvalue weighted by Gasteiger charge is 2.10. The van der Waals surface area contributed by atoms with E-state index in [0.29, 0.717) is 22.8 Å². The standard InChI is InChI=1S/C21H23NO3/c1-4-6-8-17(7-5-2)25-18-11-9-16(10-12-18)21-19(14-23)22-15(3)13-20(21)24/h5-13,23H,2,4,14H2,1,3H3,(H,22,24)/b8-6-,17-7+. The Kier molecular flexibility index (Phi) is 6.54. The van der Waals surface area contributed by atoms with Crippen LogP contribution in [0, 0.1) is 6.92 Å². The fourth-order valence-corrected chi connectivity index (χ4v) is 2.49. The molecule has 0 amide bonds. The molecule has 1 aromatic heterocycles. The lowest BCUT2D eigenvalue weighted by atomic mass is 10.0. The maximum Gasteiger partial charge on any atom is 0.189 e. The Morgan fingerprint density at radius 1 is 1.32 bits per heavy atom. The SMILES string of the molecule is C=C/C=C(\C=C/CC)Oc1ccc(-c2c(CO)[nH]c(C)cc2=O)cc1. The first kappa shape index (κ1) is 18.5. The first-order chi connectivity index (χ1) is 12.1. The normalized spacial score (nSPS) is 11.7. The largest absolute Gasteiger partial charge is 0.457 e. The second-order valence-electron chi connectivity index (χ2n) is 5.57. The molecule has 25 heavy (non-hydrogen) atoms. The second-order valence-corrected chi connectivity index (χ2v) is 5.57. The van der Waals surface area contributed by atoms with Crippen molar-refractivity contribution < 1.29 is 9.84 Å². The smallest absolute Gasteiger partial charge is 0.189 e. The molecule has 0 aliphatic rings. The van der Waals surface area contributed by atoms with E-state index in [-0.39, 0.29) is 12.0 Å². The minimum atomic E-state index is -0.224. The lowest BCUT2D eigenvalue weighted by Crippen LogP contribution is -2.11. The molecule has 4 heteroatoms. The van der Waals surface area contributed by atoms with Crippen molar-refractivity contribution in [3.63, 3.8) is 0 Å². The predicted molar refractivity (Wildman–Crippen MR) is 101 cm³/mol. The van der Waals surface area contributed by atoms with Crippen LogP contribution in [0.3, 0.4) is 0 Å². The van der Waals surface area contributed by atoms with Gasteiger partial charge in [0.15, 0.2) is 5.43 Å². The van der Waals surface area contributed by atoms with Crippen LogP contribution in [0.15, 0.2) is 71.8 Å². The minimum Gasteiger partial charge on any atom is -0.457 e. The number of rotatable bonds is 7. The van der Waals surface area contributed by atoms with Crippen LogP contribution in [0.5, 0.6) is 5.75 Å². The van der Waals surface area contributed by atoms with Gasteiger partial charge in [-0.3, -0.25) is 4.79 Å². The molecule has 0 aliphatic carbocycles. The van der Waals surface area contributed by atoms with Crippen LogP contribution in [0.2, 0.25) is 0 Å². The summed E-state index contributed by atoms with van der Waals surface area (Å²) >= 11 is 0. The van der Waals surface area contributed by atoms with Gasteiger partial charge in [-0.25, -0.2) is 0 Å². The Morgan fingerprint density at radius 2 is 2.04 bits per heavy atom. The molecule has 4 nitrogen and oxygen atoms in total. The zero-order chi connectivity index (χ0) is 18.2. The van der Waals surface area contributed by atoms with Gasteiger partial charge < -0.3 is 14.8 Å². The molecule has 0 bridgehead atoms. The lowest BCUT2D eigenvalue weighted by Gasteiger charge is -2.10. The Labute approximate surface area is 147 Å². The Hall–Kier alpha value is -2.85. The summed E-state index contributed by atoms with van der Waals surface area (Å²) in [5, 5.41) is 9.52. The van der Waals surface area contributed by atoms with Gasteiger partial charge in [0.2, 0.25) is 0 Å². The van der Waals surface area contributed by atoms with Gasteiger partial charge in [0.1, 0.15) is 11.5 Å². The van der Waals surface area contributed by atoms with E-state index in [1.165, 1.54) is 6.07 Å². The average Bonchev–Trinajstić information content (AvgIpc) is 2.60. The van der Waals surface area contributed by atoms with Gasteiger partial charge in [0.05, 0.1) is 17.9 Å². The van der Waals surface area contributed by atoms with Gasteiger partial charge in [-0.2, -0.15) is 0 Å². The topological polar surface area (TPSA) is 62.3 Å². The van der Waals surface area contributed by atoms with Gasteiger partial charge >= 0.3 is 0 Å². The van der Waals surface area contributed by atoms with Crippen molar-refractivity contribution in [2.24, 2.45) is 0 Å². The second kappa shape index (κ2) is 8.85. The Balaban J connectivity index is 2.32. The monoisotopic (exact) mass is 337 g/mol. The molecule has 0 fully saturated rings. The van der Waals surface area contributed by atoms with Crippen molar-refractivity contribution in [3.05, 3.63) is 88.6 Å². The van der Waals surface area contributed by atoms with Gasteiger partial charge in [0.25, 0.3) is 0 Å². The lowest BCUT2D eigenvalue weighted by molar-refractivity contribution is 0.277. The number of aryl methyl sites for hydroxylation is 1. The fraction of sp³-hybridized carbons (Fsp3) is 0.190. The van der Waals surface area contributed by atoms with Crippen LogP contribution in [-0.4, -0.2) is 10.1 Å². The molecule has 0 spiro atoms. The highest BCUT2D eigenvalue weighted by molar-refractivity contribution is 5.66. The predicted octanol–water partition coefficient (Wildman–Crippen LogP) is 4.26. The number of aliphatic hydroxyl groups is 1. The zero-order valence-electron chi connectivity index (χ0n) is 14.6. The van der Waals surface area contributed by atoms with Crippen LogP contribution in [0.1, 0.15) is 24.7 Å². The number of hydrogen-bond donors (Lipinski definition) is 2. The van der Waals surface area contributed by atoms with Crippen molar-refractivity contribution in [2.75, 3.05) is 0 Å². The molecule has 0 radical (unpaired) electrons. The molecule has 0 aliphatic heterocycles. The number of aromatic nitrogens is 1. The molecule has 0 saturated carbocycles. The minimum absolute atomic E-state index is 0.118. The van der Waals surface area contributed by atoms with Gasteiger partial charge in [0, 0.05) is 11.8 Å². The third kappa shape index (κ3) is 4.81. The maximum absolute atomic E-state index is 12.3. The van der Waals surface area contributed by atoms with Crippen LogP contribution in [-0.2, 0) is 6.61 Å². The summed E-state index contributed by atoms with van der Waals surface area (Å²) in [7, 11) is 0. The number of nitrogens with one attached hydrogen (secondary N) is 1. The first-order valence-electron chi connectivity index (χ1n) is 8.20. The fourth-order valence-electron chi connectivity index (χ4n) is 2.49. The van der Waals surface area contributed by atoms with Crippen molar-refractivity contribution in [1.29, 1.82) is 0 Å². The van der Waals surface area contributed by atoms with Crippen molar-refractivity contribution in [2.45, 2.75) is 26.9 Å². The quantitative estimate of drug-likeness (QED) is 0.586. The number of aromatic amines is 1. The number of hydrogen-bond acceptors (Lipinski definition) is 3.